The highest BCUT2D eigenvalue weighted by Gasteiger charge is 2.54. The standard InChI is InChI=1S/C11H11BrN2O2S2/c12-7-1-3-8(4-2-7)14-10-6-18(15,16)5-9(10)13-11(14)17/h1-4,9-10H,5-6H2,(H-,13,15,16,17)/p+1/t9-,10-/m1/s1. The van der Waals surface area contributed by atoms with E-state index in [4.69, 9.17) is 12.2 Å². The van der Waals surface area contributed by atoms with E-state index in [2.05, 4.69) is 21.2 Å². The van der Waals surface area contributed by atoms with Gasteiger partial charge < -0.3 is 10.2 Å². The topological polar surface area (TPSA) is 52.6 Å². The van der Waals surface area contributed by atoms with Crippen LogP contribution in [0.25, 0.3) is 0 Å². The molecule has 0 saturated carbocycles. The van der Waals surface area contributed by atoms with E-state index in [-0.39, 0.29) is 23.6 Å². The Kier molecular flexibility index (Phi) is 2.97. The smallest absolute Gasteiger partial charge is 0.218 e. The lowest BCUT2D eigenvalue weighted by Crippen LogP contribution is -2.37. The van der Waals surface area contributed by atoms with Crippen molar-refractivity contribution in [3.63, 3.8) is 0 Å². The van der Waals surface area contributed by atoms with Gasteiger partial charge in [-0.2, -0.15) is 4.55 Å². The van der Waals surface area contributed by atoms with Crippen molar-refractivity contribution in [2.45, 2.75) is 12.1 Å². The fraction of sp³-hybridized carbons (Fsp3) is 0.364. The predicted molar refractivity (Wildman–Crippen MR) is 80.3 cm³/mol. The molecule has 2 fully saturated rings. The number of nitrogens with one attached hydrogen (secondary N) is 1. The summed E-state index contributed by atoms with van der Waals surface area (Å²) in [7, 11) is -2.70. The van der Waals surface area contributed by atoms with E-state index in [1.165, 1.54) is 0 Å². The molecule has 0 aromatic heterocycles. The summed E-state index contributed by atoms with van der Waals surface area (Å²) in [4.78, 5) is 1.95. The lowest BCUT2D eigenvalue weighted by molar-refractivity contribution is 0.502. The monoisotopic (exact) mass is 347 g/mol. The van der Waals surface area contributed by atoms with E-state index >= 15 is 0 Å². The fourth-order valence-corrected chi connectivity index (χ4v) is 5.10. The number of rotatable bonds is 1. The van der Waals surface area contributed by atoms with Crippen molar-refractivity contribution in [1.29, 1.82) is 0 Å². The number of hydrogen-bond donors (Lipinski definition) is 2. The van der Waals surface area contributed by atoms with Crippen molar-refractivity contribution < 1.29 is 8.76 Å². The van der Waals surface area contributed by atoms with Crippen LogP contribution in [-0.4, -0.2) is 33.3 Å². The van der Waals surface area contributed by atoms with Crippen LogP contribution in [0, 0.1) is 0 Å². The third kappa shape index (κ3) is 2.09. The Morgan fingerprint density at radius 2 is 2.06 bits per heavy atom. The molecular formula is C11H12BrN2O2S2+. The number of hydrogen-bond acceptors (Lipinski definition) is 2. The second-order valence-corrected chi connectivity index (χ2v) is 8.09. The SMILES string of the molecule is O=[S+]1(O)C[C@@H]2[C@@H](C1)NC(=S)N2c1ccc(Br)cc1. The molecule has 1 unspecified atom stereocenters. The van der Waals surface area contributed by atoms with Crippen molar-refractivity contribution in [1.82, 2.24) is 5.32 Å². The molecule has 2 heterocycles. The minimum Gasteiger partial charge on any atom is -0.352 e. The summed E-state index contributed by atoms with van der Waals surface area (Å²) >= 11 is 8.70. The van der Waals surface area contributed by atoms with Crippen molar-refractivity contribution >= 4 is 49.2 Å². The Balaban J connectivity index is 1.94. The van der Waals surface area contributed by atoms with Gasteiger partial charge in [-0.3, -0.25) is 0 Å². The average Bonchev–Trinajstić information content (AvgIpc) is 2.70. The molecule has 1 aromatic carbocycles. The van der Waals surface area contributed by atoms with E-state index in [1.807, 2.05) is 29.2 Å². The van der Waals surface area contributed by atoms with Gasteiger partial charge in [-0.05, 0) is 36.5 Å². The zero-order valence-corrected chi connectivity index (χ0v) is 12.6. The first kappa shape index (κ1) is 12.5. The Morgan fingerprint density at radius 3 is 2.72 bits per heavy atom. The normalized spacial score (nSPS) is 34.6. The Morgan fingerprint density at radius 1 is 1.39 bits per heavy atom. The number of fused-ring (bicyclic) bond motifs is 1. The molecular weight excluding hydrogens is 336 g/mol. The first-order valence-corrected chi connectivity index (χ1v) is 8.59. The molecule has 2 aliphatic rings. The minimum absolute atomic E-state index is 0.0151. The first-order chi connectivity index (χ1) is 8.46. The van der Waals surface area contributed by atoms with Gasteiger partial charge in [0.1, 0.15) is 12.1 Å². The van der Waals surface area contributed by atoms with Crippen LogP contribution in [0.4, 0.5) is 5.69 Å². The van der Waals surface area contributed by atoms with Gasteiger partial charge in [-0.25, -0.2) is 0 Å². The largest absolute Gasteiger partial charge is 0.352 e. The van der Waals surface area contributed by atoms with Crippen LogP contribution < -0.4 is 10.2 Å². The highest BCUT2D eigenvalue weighted by Crippen LogP contribution is 2.31. The predicted octanol–water partition coefficient (Wildman–Crippen LogP) is 1.87. The summed E-state index contributed by atoms with van der Waals surface area (Å²) in [5, 5.41) is 3.78. The second kappa shape index (κ2) is 4.26. The summed E-state index contributed by atoms with van der Waals surface area (Å²) in [6, 6.07) is 7.76. The van der Waals surface area contributed by atoms with Gasteiger partial charge in [-0.15, -0.1) is 0 Å². The van der Waals surface area contributed by atoms with Gasteiger partial charge in [0.15, 0.2) is 16.6 Å². The summed E-state index contributed by atoms with van der Waals surface area (Å²) in [6.45, 7) is 0. The molecule has 2 aliphatic heterocycles. The van der Waals surface area contributed by atoms with Crippen molar-refractivity contribution in [3.8, 4) is 0 Å². The first-order valence-electron chi connectivity index (χ1n) is 5.53. The molecule has 3 rings (SSSR count). The number of anilines is 1. The van der Waals surface area contributed by atoms with E-state index in [0.29, 0.717) is 5.11 Å². The van der Waals surface area contributed by atoms with E-state index in [9.17, 15) is 8.76 Å². The van der Waals surface area contributed by atoms with Gasteiger partial charge in [-0.1, -0.05) is 20.1 Å². The van der Waals surface area contributed by atoms with E-state index in [0.717, 1.165) is 10.2 Å². The Labute approximate surface area is 120 Å². The summed E-state index contributed by atoms with van der Waals surface area (Å²) < 4.78 is 22.5. The molecule has 0 radical (unpaired) electrons. The van der Waals surface area contributed by atoms with Crippen LogP contribution in [0.3, 0.4) is 0 Å². The highest BCUT2D eigenvalue weighted by atomic mass is 79.9. The summed E-state index contributed by atoms with van der Waals surface area (Å²) in [5.74, 6) is 0.561. The lowest BCUT2D eigenvalue weighted by Gasteiger charge is -2.22. The zero-order chi connectivity index (χ0) is 12.9. The highest BCUT2D eigenvalue weighted by molar-refractivity contribution is 9.10. The molecule has 96 valence electrons. The van der Waals surface area contributed by atoms with Gasteiger partial charge >= 0.3 is 0 Å². The van der Waals surface area contributed by atoms with Gasteiger partial charge in [0.05, 0.1) is 0 Å². The number of halogens is 1. The van der Waals surface area contributed by atoms with Crippen LogP contribution in [0.15, 0.2) is 28.7 Å². The third-order valence-electron chi connectivity index (χ3n) is 3.30. The number of thiocarbonyl (C=S) groups is 1. The van der Waals surface area contributed by atoms with Crippen LogP contribution in [0.2, 0.25) is 0 Å². The average molecular weight is 348 g/mol. The van der Waals surface area contributed by atoms with E-state index < -0.39 is 10.2 Å². The van der Waals surface area contributed by atoms with Crippen molar-refractivity contribution in [2.75, 3.05) is 16.4 Å². The van der Waals surface area contributed by atoms with Crippen LogP contribution in [-0.2, 0) is 14.4 Å². The van der Waals surface area contributed by atoms with Crippen molar-refractivity contribution in [2.24, 2.45) is 0 Å². The molecule has 3 atom stereocenters. The molecule has 7 heteroatoms. The lowest BCUT2D eigenvalue weighted by atomic mass is 10.1. The maximum atomic E-state index is 11.8. The number of nitrogens with zero attached hydrogens (tertiary/aromatic N) is 1. The molecule has 1 aromatic rings. The molecule has 0 aliphatic carbocycles. The molecule has 18 heavy (non-hydrogen) atoms. The van der Waals surface area contributed by atoms with Gasteiger partial charge in [0.2, 0.25) is 10.2 Å². The molecule has 2 N–H and O–H groups in total. The quantitative estimate of drug-likeness (QED) is 0.600. The summed E-state index contributed by atoms with van der Waals surface area (Å²) in [5.41, 5.74) is 0.959. The number of benzene rings is 1. The molecule has 0 spiro atoms. The molecule has 2 saturated heterocycles. The van der Waals surface area contributed by atoms with Crippen LogP contribution in [0.1, 0.15) is 0 Å². The van der Waals surface area contributed by atoms with Gasteiger partial charge in [0, 0.05) is 10.2 Å². The second-order valence-electron chi connectivity index (χ2n) is 4.58. The van der Waals surface area contributed by atoms with Crippen molar-refractivity contribution in [3.05, 3.63) is 28.7 Å². The maximum Gasteiger partial charge on any atom is 0.218 e. The Bertz CT molecular complexity index is 548. The minimum atomic E-state index is -2.70. The maximum absolute atomic E-state index is 11.8. The Hall–Kier alpha value is -0.500. The summed E-state index contributed by atoms with van der Waals surface area (Å²) in [6.07, 6.45) is 0. The third-order valence-corrected chi connectivity index (χ3v) is 5.89. The molecule has 4 nitrogen and oxygen atoms in total. The zero-order valence-electron chi connectivity index (χ0n) is 9.38. The fourth-order valence-electron chi connectivity index (χ4n) is 2.52. The van der Waals surface area contributed by atoms with Crippen LogP contribution in [0.5, 0.6) is 0 Å². The molecule has 0 amide bonds. The molecule has 0 bridgehead atoms. The van der Waals surface area contributed by atoms with Crippen LogP contribution >= 0.6 is 28.1 Å². The van der Waals surface area contributed by atoms with Gasteiger partial charge in [0.25, 0.3) is 0 Å². The van der Waals surface area contributed by atoms with E-state index in [1.54, 1.807) is 0 Å².